The topological polar surface area (TPSA) is 84.9 Å². The number of ether oxygens (including phenoxy) is 1. The number of rotatable bonds is 11. The number of nitrogens with one attached hydrogen (secondary N) is 1. The molecule has 0 saturated heterocycles. The molecule has 202 valence electrons. The van der Waals surface area contributed by atoms with E-state index in [4.69, 9.17) is 4.74 Å². The Balaban J connectivity index is 0.00000420. The zero-order chi connectivity index (χ0) is 27.3. The Morgan fingerprint density at radius 3 is 2.51 bits per heavy atom. The minimum Gasteiger partial charge on any atom is -0.550 e. The molecule has 0 aliphatic carbocycles. The molecule has 0 spiro atoms. The third-order valence-corrected chi connectivity index (χ3v) is 6.99. The largest absolute Gasteiger partial charge is 1.00 e. The number of aliphatic hydroxyl groups is 1. The van der Waals surface area contributed by atoms with E-state index < -0.39 is 17.4 Å². The third kappa shape index (κ3) is 8.45. The molecule has 0 radical (unpaired) electrons. The van der Waals surface area contributed by atoms with Gasteiger partial charge in [-0.3, -0.25) is 0 Å². The van der Waals surface area contributed by atoms with Gasteiger partial charge in [0.05, 0.1) is 12.2 Å². The summed E-state index contributed by atoms with van der Waals surface area (Å²) in [4.78, 5) is 13.0. The third-order valence-electron chi connectivity index (χ3n) is 6.99. The maximum Gasteiger partial charge on any atom is 1.00 e. The summed E-state index contributed by atoms with van der Waals surface area (Å²) in [6.45, 7) is 7.59. The number of benzene rings is 3. The zero-order valence-electron chi connectivity index (χ0n) is 23.4. The Bertz CT molecular complexity index is 1270. The van der Waals surface area contributed by atoms with Crippen molar-refractivity contribution in [1.82, 2.24) is 0 Å². The molecule has 6 nitrogen and oxygen atoms in total. The van der Waals surface area contributed by atoms with E-state index in [0.717, 1.165) is 36.4 Å². The van der Waals surface area contributed by atoms with Crippen molar-refractivity contribution in [1.29, 1.82) is 0 Å². The molecule has 0 amide bonds. The molecule has 0 saturated carbocycles. The zero-order valence-corrected chi connectivity index (χ0v) is 25.4. The van der Waals surface area contributed by atoms with Crippen LogP contribution in [0.5, 0.6) is 5.75 Å². The summed E-state index contributed by atoms with van der Waals surface area (Å²) >= 11 is 0. The number of hydrogen-bond donors (Lipinski definition) is 2. The Hall–Kier alpha value is -2.58. The average Bonchev–Trinajstić information content (AvgIpc) is 2.87. The van der Waals surface area contributed by atoms with Crippen LogP contribution in [0.2, 0.25) is 0 Å². The molecule has 1 aliphatic heterocycles. The monoisotopic (exact) mass is 542 g/mol. The molecule has 1 aliphatic rings. The number of carboxylic acids is 1. The number of hydrogen-bond acceptors (Lipinski definition) is 6. The second kappa shape index (κ2) is 13.7. The fraction of sp³-hybridized carbons (Fsp3) is 0.387. The van der Waals surface area contributed by atoms with Gasteiger partial charge in [0, 0.05) is 42.5 Å². The minimum absolute atomic E-state index is 0. The summed E-state index contributed by atoms with van der Waals surface area (Å²) in [5.41, 5.74) is 6.21. The van der Waals surface area contributed by atoms with Gasteiger partial charge in [-0.25, -0.2) is 4.39 Å². The van der Waals surface area contributed by atoms with E-state index in [1.807, 2.05) is 12.1 Å². The van der Waals surface area contributed by atoms with Crippen molar-refractivity contribution < 1.29 is 53.7 Å². The van der Waals surface area contributed by atoms with Gasteiger partial charge in [0.1, 0.15) is 11.6 Å². The molecule has 4 rings (SSSR count). The summed E-state index contributed by atoms with van der Waals surface area (Å²) < 4.78 is 20.2. The van der Waals surface area contributed by atoms with Crippen molar-refractivity contribution >= 4 is 23.0 Å². The van der Waals surface area contributed by atoms with Gasteiger partial charge in [0.25, 0.3) is 0 Å². The number of carbonyl (C=O) groups is 1. The molecule has 3 aromatic carbocycles. The van der Waals surface area contributed by atoms with Crippen molar-refractivity contribution in [3.63, 3.8) is 0 Å². The van der Waals surface area contributed by atoms with Crippen molar-refractivity contribution in [2.45, 2.75) is 65.0 Å². The van der Waals surface area contributed by atoms with Crippen molar-refractivity contribution in [3.8, 4) is 5.75 Å². The quantitative estimate of drug-likeness (QED) is 0.361. The predicted molar refractivity (Wildman–Crippen MR) is 146 cm³/mol. The van der Waals surface area contributed by atoms with Crippen LogP contribution in [0.25, 0.3) is 0 Å². The minimum atomic E-state index is -1.19. The Labute approximate surface area is 252 Å². The molecule has 3 aromatic rings. The first-order valence-corrected chi connectivity index (χ1v) is 13.2. The summed E-state index contributed by atoms with van der Waals surface area (Å²) in [5.74, 6) is -0.824. The van der Waals surface area contributed by atoms with Crippen molar-refractivity contribution in [2.75, 3.05) is 23.4 Å². The molecule has 0 atom stereocenters. The molecule has 2 N–H and O–H groups in total. The van der Waals surface area contributed by atoms with Crippen LogP contribution in [-0.2, 0) is 24.2 Å². The van der Waals surface area contributed by atoms with E-state index in [1.54, 1.807) is 26.0 Å². The Kier molecular flexibility index (Phi) is 10.8. The number of carboxylic acid groups (broad SMARTS) is 1. The van der Waals surface area contributed by atoms with Crippen LogP contribution in [0.1, 0.15) is 55.4 Å². The molecule has 39 heavy (non-hydrogen) atoms. The van der Waals surface area contributed by atoms with Crippen LogP contribution >= 0.6 is 0 Å². The van der Waals surface area contributed by atoms with E-state index in [1.165, 1.54) is 22.9 Å². The predicted octanol–water partition coefficient (Wildman–Crippen LogP) is 2.06. The van der Waals surface area contributed by atoms with Crippen molar-refractivity contribution in [3.05, 3.63) is 82.7 Å². The first-order chi connectivity index (χ1) is 18.1. The normalized spacial score (nSPS) is 12.9. The molecule has 0 fully saturated rings. The number of aliphatic carboxylic acids is 1. The molecule has 0 unspecified atom stereocenters. The maximum absolute atomic E-state index is 14.4. The standard InChI is InChI=1S/C31H37FN2O4.Na/c1-21-24(20-33-25-10-8-22(28(32)19-25)9-15-29(35)36)7-6-23-5-4-17-34(30(21)23)26-11-13-27(14-12-26)38-18-16-31(2,3)37;/h6-8,10-14,19,33,37H,4-5,9,15-18,20H2,1-3H3,(H,35,36);/q;+1/p-1. The van der Waals surface area contributed by atoms with Gasteiger partial charge in [0.2, 0.25) is 0 Å². The van der Waals surface area contributed by atoms with Crippen LogP contribution in [0, 0.1) is 12.7 Å². The number of aryl methyl sites for hydroxylation is 2. The van der Waals surface area contributed by atoms with E-state index in [-0.39, 0.29) is 42.4 Å². The van der Waals surface area contributed by atoms with E-state index >= 15 is 0 Å². The fourth-order valence-corrected chi connectivity index (χ4v) is 4.80. The fourth-order valence-electron chi connectivity index (χ4n) is 4.80. The van der Waals surface area contributed by atoms with Gasteiger partial charge in [-0.05, 0) is 105 Å². The molecule has 0 aromatic heterocycles. The van der Waals surface area contributed by atoms with Gasteiger partial charge in [-0.1, -0.05) is 18.2 Å². The van der Waals surface area contributed by atoms with Gasteiger partial charge >= 0.3 is 29.6 Å². The summed E-state index contributed by atoms with van der Waals surface area (Å²) in [6, 6.07) is 17.2. The van der Waals surface area contributed by atoms with E-state index in [2.05, 4.69) is 41.4 Å². The number of anilines is 3. The molecular formula is C31H36FN2NaO4. The maximum atomic E-state index is 14.4. The first kappa shape index (κ1) is 31.0. The summed E-state index contributed by atoms with van der Waals surface area (Å²) in [6.07, 6.45) is 2.56. The first-order valence-electron chi connectivity index (χ1n) is 13.2. The molecular weight excluding hydrogens is 506 g/mol. The number of halogens is 1. The Morgan fingerprint density at radius 1 is 1.13 bits per heavy atom. The van der Waals surface area contributed by atoms with Gasteiger partial charge in [0.15, 0.2) is 0 Å². The smallest absolute Gasteiger partial charge is 0.550 e. The van der Waals surface area contributed by atoms with Gasteiger partial charge in [-0.2, -0.15) is 0 Å². The second-order valence-electron chi connectivity index (χ2n) is 10.5. The van der Waals surface area contributed by atoms with E-state index in [9.17, 15) is 19.4 Å². The van der Waals surface area contributed by atoms with Crippen LogP contribution in [0.3, 0.4) is 0 Å². The van der Waals surface area contributed by atoms with E-state index in [0.29, 0.717) is 30.8 Å². The summed E-state index contributed by atoms with van der Waals surface area (Å²) in [7, 11) is 0. The van der Waals surface area contributed by atoms with Crippen LogP contribution < -0.4 is 49.6 Å². The number of carbonyl (C=O) groups excluding carboxylic acids is 1. The van der Waals surface area contributed by atoms with Crippen LogP contribution in [-0.4, -0.2) is 29.8 Å². The molecule has 0 bridgehead atoms. The summed E-state index contributed by atoms with van der Waals surface area (Å²) in [5, 5.41) is 23.9. The second-order valence-corrected chi connectivity index (χ2v) is 10.5. The SMILES string of the molecule is Cc1c(CNc2ccc(CCC(=O)[O-])c(F)c2)ccc2c1N(c1ccc(OCCC(C)(C)O)cc1)CCC2.[Na+]. The Morgan fingerprint density at radius 2 is 1.85 bits per heavy atom. The van der Waals surface area contributed by atoms with Crippen molar-refractivity contribution in [2.24, 2.45) is 0 Å². The molecule has 8 heteroatoms. The van der Waals surface area contributed by atoms with Crippen LogP contribution in [0.4, 0.5) is 21.5 Å². The van der Waals surface area contributed by atoms with Gasteiger partial charge in [-0.15, -0.1) is 0 Å². The number of nitrogens with zero attached hydrogens (tertiary/aromatic N) is 1. The molecule has 1 heterocycles. The number of fused-ring (bicyclic) bond motifs is 1. The van der Waals surface area contributed by atoms with Crippen LogP contribution in [0.15, 0.2) is 54.6 Å². The van der Waals surface area contributed by atoms with Gasteiger partial charge < -0.3 is 30.0 Å². The average molecular weight is 543 g/mol.